The van der Waals surface area contributed by atoms with Crippen molar-refractivity contribution in [2.24, 2.45) is 0 Å². The lowest BCUT2D eigenvalue weighted by Crippen LogP contribution is -2.31. The van der Waals surface area contributed by atoms with Crippen LogP contribution in [0.5, 0.6) is 0 Å². The quantitative estimate of drug-likeness (QED) is 0.543. The second kappa shape index (κ2) is 2.23. The van der Waals surface area contributed by atoms with E-state index in [-0.39, 0.29) is 0 Å². The van der Waals surface area contributed by atoms with Crippen LogP contribution < -0.4 is 0 Å². The van der Waals surface area contributed by atoms with Gasteiger partial charge >= 0.3 is 0 Å². The van der Waals surface area contributed by atoms with Crippen LogP contribution in [0, 0.1) is 0 Å². The van der Waals surface area contributed by atoms with Gasteiger partial charge in [-0.15, -0.1) is 0 Å². The lowest BCUT2D eigenvalue weighted by Gasteiger charge is -2.32. The second-order valence-electron chi connectivity index (χ2n) is 3.71. The highest BCUT2D eigenvalue weighted by atomic mass is 16.5. The van der Waals surface area contributed by atoms with Crippen LogP contribution in [-0.2, 0) is 4.74 Å². The second-order valence-corrected chi connectivity index (χ2v) is 3.71. The number of ether oxygens (including phenoxy) is 1. The van der Waals surface area contributed by atoms with E-state index in [9.17, 15) is 0 Å². The van der Waals surface area contributed by atoms with E-state index in [0.717, 1.165) is 0 Å². The minimum Gasteiger partial charge on any atom is -0.372 e. The summed E-state index contributed by atoms with van der Waals surface area (Å²) >= 11 is 0. The van der Waals surface area contributed by atoms with Crippen molar-refractivity contribution in [2.75, 3.05) is 0 Å². The highest BCUT2D eigenvalue weighted by Crippen LogP contribution is 2.42. The monoisotopic (exact) mass is 140 g/mol. The SMILES string of the molecule is CCC12CCCC(CC1)O2. The van der Waals surface area contributed by atoms with Gasteiger partial charge in [-0.05, 0) is 38.5 Å². The minimum atomic E-state index is 0.336. The van der Waals surface area contributed by atoms with Gasteiger partial charge in [0.25, 0.3) is 0 Å². The maximum Gasteiger partial charge on any atom is 0.0684 e. The summed E-state index contributed by atoms with van der Waals surface area (Å²) in [7, 11) is 0. The van der Waals surface area contributed by atoms with Crippen molar-refractivity contribution >= 4 is 0 Å². The maximum atomic E-state index is 5.93. The zero-order valence-electron chi connectivity index (χ0n) is 6.73. The molecule has 2 saturated heterocycles. The molecular formula is C9H16O. The maximum absolute atomic E-state index is 5.93. The average Bonchev–Trinajstić information content (AvgIpc) is 2.29. The smallest absolute Gasteiger partial charge is 0.0684 e. The Kier molecular flexibility index (Phi) is 1.48. The van der Waals surface area contributed by atoms with Gasteiger partial charge in [-0.1, -0.05) is 6.92 Å². The van der Waals surface area contributed by atoms with E-state index in [1.807, 2.05) is 0 Å². The molecular weight excluding hydrogens is 124 g/mol. The highest BCUT2D eigenvalue weighted by Gasteiger charge is 2.41. The summed E-state index contributed by atoms with van der Waals surface area (Å²) in [5.41, 5.74) is 0.336. The number of hydrogen-bond donors (Lipinski definition) is 0. The fourth-order valence-electron chi connectivity index (χ4n) is 2.37. The molecule has 0 amide bonds. The molecule has 0 aliphatic carbocycles. The van der Waals surface area contributed by atoms with Crippen molar-refractivity contribution in [2.45, 2.75) is 57.2 Å². The van der Waals surface area contributed by atoms with E-state index in [1.54, 1.807) is 0 Å². The molecule has 2 bridgehead atoms. The molecule has 10 heavy (non-hydrogen) atoms. The van der Waals surface area contributed by atoms with Crippen molar-refractivity contribution < 1.29 is 4.74 Å². The van der Waals surface area contributed by atoms with Crippen LogP contribution in [0.25, 0.3) is 0 Å². The van der Waals surface area contributed by atoms with Gasteiger partial charge in [0.2, 0.25) is 0 Å². The summed E-state index contributed by atoms with van der Waals surface area (Å²) < 4.78 is 5.93. The van der Waals surface area contributed by atoms with Crippen molar-refractivity contribution in [1.82, 2.24) is 0 Å². The Hall–Kier alpha value is -0.0400. The molecule has 2 rings (SSSR count). The number of fused-ring (bicyclic) bond motifs is 2. The van der Waals surface area contributed by atoms with Crippen molar-refractivity contribution in [3.8, 4) is 0 Å². The van der Waals surface area contributed by atoms with Gasteiger partial charge in [0, 0.05) is 0 Å². The predicted molar refractivity (Wildman–Crippen MR) is 41.0 cm³/mol. The number of rotatable bonds is 1. The molecule has 2 heterocycles. The molecule has 2 aliphatic heterocycles. The molecule has 0 spiro atoms. The zero-order valence-corrected chi connectivity index (χ0v) is 6.73. The van der Waals surface area contributed by atoms with Crippen molar-refractivity contribution in [3.63, 3.8) is 0 Å². The van der Waals surface area contributed by atoms with Crippen LogP contribution in [0.3, 0.4) is 0 Å². The van der Waals surface area contributed by atoms with E-state index < -0.39 is 0 Å². The Balaban J connectivity index is 2.10. The molecule has 2 aliphatic rings. The normalized spacial score (nSPS) is 45.9. The highest BCUT2D eigenvalue weighted by molar-refractivity contribution is 4.91. The summed E-state index contributed by atoms with van der Waals surface area (Å²) in [4.78, 5) is 0. The third-order valence-electron chi connectivity index (χ3n) is 3.14. The van der Waals surface area contributed by atoms with Gasteiger partial charge in [-0.3, -0.25) is 0 Å². The molecule has 0 radical (unpaired) electrons. The standard InChI is InChI=1S/C9H16O/c1-2-9-6-3-4-8(10-9)5-7-9/h8H,2-7H2,1H3. The molecule has 0 aromatic heterocycles. The first-order valence-corrected chi connectivity index (χ1v) is 4.52. The van der Waals surface area contributed by atoms with E-state index in [4.69, 9.17) is 4.74 Å². The molecule has 0 N–H and O–H groups in total. The average molecular weight is 140 g/mol. The topological polar surface area (TPSA) is 9.23 Å². The first kappa shape index (κ1) is 6.66. The van der Waals surface area contributed by atoms with Gasteiger partial charge in [0.05, 0.1) is 11.7 Å². The Labute approximate surface area is 62.8 Å². The van der Waals surface area contributed by atoms with Crippen LogP contribution in [0.4, 0.5) is 0 Å². The van der Waals surface area contributed by atoms with E-state index in [2.05, 4.69) is 6.92 Å². The summed E-state index contributed by atoms with van der Waals surface area (Å²) in [6.45, 7) is 2.26. The molecule has 1 heteroatoms. The van der Waals surface area contributed by atoms with Gasteiger partial charge in [-0.2, -0.15) is 0 Å². The van der Waals surface area contributed by atoms with Crippen LogP contribution in [0.2, 0.25) is 0 Å². The van der Waals surface area contributed by atoms with Crippen LogP contribution in [0.1, 0.15) is 45.4 Å². The van der Waals surface area contributed by atoms with E-state index >= 15 is 0 Å². The van der Waals surface area contributed by atoms with Gasteiger partial charge in [-0.25, -0.2) is 0 Å². The molecule has 1 nitrogen and oxygen atoms in total. The van der Waals surface area contributed by atoms with Crippen molar-refractivity contribution in [3.05, 3.63) is 0 Å². The fraction of sp³-hybridized carbons (Fsp3) is 1.00. The Bertz CT molecular complexity index is 129. The zero-order chi connectivity index (χ0) is 7.03. The van der Waals surface area contributed by atoms with Gasteiger partial charge in [0.1, 0.15) is 0 Å². The largest absolute Gasteiger partial charge is 0.372 e. The first-order chi connectivity index (χ1) is 4.85. The molecule has 58 valence electrons. The molecule has 0 aromatic rings. The lowest BCUT2D eigenvalue weighted by molar-refractivity contribution is -0.0783. The first-order valence-electron chi connectivity index (χ1n) is 4.52. The fourth-order valence-corrected chi connectivity index (χ4v) is 2.37. The third-order valence-corrected chi connectivity index (χ3v) is 3.14. The number of hydrogen-bond acceptors (Lipinski definition) is 1. The predicted octanol–water partition coefficient (Wildman–Crippen LogP) is 2.50. The Morgan fingerprint density at radius 1 is 1.40 bits per heavy atom. The van der Waals surface area contributed by atoms with Crippen LogP contribution in [0.15, 0.2) is 0 Å². The summed E-state index contributed by atoms with van der Waals surface area (Å²) in [5, 5.41) is 0. The third kappa shape index (κ3) is 0.878. The molecule has 2 unspecified atom stereocenters. The van der Waals surface area contributed by atoms with Gasteiger partial charge < -0.3 is 4.74 Å². The molecule has 2 fully saturated rings. The summed E-state index contributed by atoms with van der Waals surface area (Å²) in [5.74, 6) is 0. The molecule has 2 atom stereocenters. The Morgan fingerprint density at radius 3 is 3.00 bits per heavy atom. The van der Waals surface area contributed by atoms with E-state index in [0.29, 0.717) is 11.7 Å². The van der Waals surface area contributed by atoms with Crippen LogP contribution >= 0.6 is 0 Å². The summed E-state index contributed by atoms with van der Waals surface area (Å²) in [6, 6.07) is 0. The molecule has 0 aromatic carbocycles. The van der Waals surface area contributed by atoms with Crippen molar-refractivity contribution in [1.29, 1.82) is 0 Å². The molecule has 0 saturated carbocycles. The summed E-state index contributed by atoms with van der Waals surface area (Å²) in [6.07, 6.45) is 8.56. The van der Waals surface area contributed by atoms with Gasteiger partial charge in [0.15, 0.2) is 0 Å². The van der Waals surface area contributed by atoms with E-state index in [1.165, 1.54) is 38.5 Å². The minimum absolute atomic E-state index is 0.336. The Morgan fingerprint density at radius 2 is 2.30 bits per heavy atom. The lowest BCUT2D eigenvalue weighted by atomic mass is 9.92. The van der Waals surface area contributed by atoms with Crippen LogP contribution in [-0.4, -0.2) is 11.7 Å².